The second-order valence-corrected chi connectivity index (χ2v) is 21.4. The zero-order valence-corrected chi connectivity index (χ0v) is 36.2. The van der Waals surface area contributed by atoms with Crippen molar-refractivity contribution in [2.75, 3.05) is 24.8 Å². The van der Waals surface area contributed by atoms with E-state index in [1.165, 1.54) is 18.9 Å². The molecular weight excluding hydrogens is 763 g/mol. The van der Waals surface area contributed by atoms with Crippen molar-refractivity contribution in [2.24, 2.45) is 0 Å². The SMILES string of the molecule is COC(=O)N[C@H](C(=O)Nc1ccccc1SC[C@@H](CO[Si](c1ccccc1)(c1ccccc1)C(C)(C)C)NC(=O)OC(C)(C)C)C(c1ccccc1)c1ccccc1. The molecule has 0 aliphatic heterocycles. The molecule has 5 aromatic rings. The van der Waals surface area contributed by atoms with Crippen molar-refractivity contribution in [1.82, 2.24) is 10.6 Å². The van der Waals surface area contributed by atoms with Crippen LogP contribution in [0.2, 0.25) is 5.04 Å². The van der Waals surface area contributed by atoms with Crippen LogP contribution in [0.4, 0.5) is 15.3 Å². The van der Waals surface area contributed by atoms with Gasteiger partial charge in [-0.15, -0.1) is 11.8 Å². The number of amides is 3. The maximum atomic E-state index is 14.4. The molecule has 0 saturated heterocycles. The summed E-state index contributed by atoms with van der Waals surface area (Å²) in [5.41, 5.74) is 1.55. The Morgan fingerprint density at radius 2 is 1.12 bits per heavy atom. The van der Waals surface area contributed by atoms with Crippen LogP contribution >= 0.6 is 11.8 Å². The number of carbonyl (C=O) groups is 3. The van der Waals surface area contributed by atoms with Crippen molar-refractivity contribution in [3.63, 3.8) is 0 Å². The van der Waals surface area contributed by atoms with Gasteiger partial charge in [-0.3, -0.25) is 4.79 Å². The van der Waals surface area contributed by atoms with Crippen molar-refractivity contribution in [3.05, 3.63) is 157 Å². The summed E-state index contributed by atoms with van der Waals surface area (Å²) >= 11 is 1.48. The van der Waals surface area contributed by atoms with Crippen LogP contribution in [-0.2, 0) is 18.7 Å². The molecule has 9 nitrogen and oxygen atoms in total. The second-order valence-electron chi connectivity index (χ2n) is 16.0. The van der Waals surface area contributed by atoms with E-state index >= 15 is 0 Å². The molecule has 3 amide bonds. The number of thioether (sulfide) groups is 1. The van der Waals surface area contributed by atoms with Gasteiger partial charge in [0.1, 0.15) is 11.6 Å². The van der Waals surface area contributed by atoms with Gasteiger partial charge in [0, 0.05) is 16.6 Å². The van der Waals surface area contributed by atoms with Gasteiger partial charge in [-0.25, -0.2) is 9.59 Å². The van der Waals surface area contributed by atoms with E-state index in [4.69, 9.17) is 13.9 Å². The van der Waals surface area contributed by atoms with E-state index in [0.717, 1.165) is 26.4 Å². The summed E-state index contributed by atoms with van der Waals surface area (Å²) in [4.78, 5) is 41.3. The summed E-state index contributed by atoms with van der Waals surface area (Å²) < 4.78 is 18.0. The number of ether oxygens (including phenoxy) is 2. The van der Waals surface area contributed by atoms with Gasteiger partial charge in [-0.1, -0.05) is 154 Å². The quantitative estimate of drug-likeness (QED) is 0.0716. The minimum atomic E-state index is -2.95. The van der Waals surface area contributed by atoms with Crippen LogP contribution in [0.5, 0.6) is 0 Å². The summed E-state index contributed by atoms with van der Waals surface area (Å²) in [6.07, 6.45) is -1.27. The molecule has 0 saturated carbocycles. The number of alkyl carbamates (subject to hydrolysis) is 2. The monoisotopic (exact) mass is 817 g/mol. The lowest BCUT2D eigenvalue weighted by Gasteiger charge is -2.43. The van der Waals surface area contributed by atoms with Crippen molar-refractivity contribution in [3.8, 4) is 0 Å². The van der Waals surface area contributed by atoms with E-state index < -0.39 is 50.0 Å². The molecule has 5 aromatic carbocycles. The molecule has 0 fully saturated rings. The van der Waals surface area contributed by atoms with E-state index in [0.29, 0.717) is 11.4 Å². The Balaban J connectivity index is 1.45. The van der Waals surface area contributed by atoms with Gasteiger partial charge in [0.25, 0.3) is 8.32 Å². The molecule has 11 heteroatoms. The van der Waals surface area contributed by atoms with Crippen LogP contribution in [0, 0.1) is 0 Å². The fourth-order valence-electron chi connectivity index (χ4n) is 7.07. The van der Waals surface area contributed by atoms with Gasteiger partial charge >= 0.3 is 12.2 Å². The lowest BCUT2D eigenvalue weighted by molar-refractivity contribution is -0.118. The van der Waals surface area contributed by atoms with Gasteiger partial charge in [0.05, 0.1) is 25.4 Å². The molecule has 0 aliphatic carbocycles. The lowest BCUT2D eigenvalue weighted by atomic mass is 9.84. The maximum Gasteiger partial charge on any atom is 0.407 e. The van der Waals surface area contributed by atoms with Crippen molar-refractivity contribution < 1.29 is 28.3 Å². The number of nitrogens with one attached hydrogen (secondary N) is 3. The minimum absolute atomic E-state index is 0.203. The van der Waals surface area contributed by atoms with Crippen molar-refractivity contribution in [2.45, 2.75) is 75.1 Å². The zero-order chi connectivity index (χ0) is 41.8. The summed E-state index contributed by atoms with van der Waals surface area (Å²) in [6.45, 7) is 12.3. The first-order valence-corrected chi connectivity index (χ1v) is 22.3. The normalized spacial score (nSPS) is 12.9. The van der Waals surface area contributed by atoms with Crippen LogP contribution in [0.1, 0.15) is 58.6 Å². The number of benzene rings is 5. The van der Waals surface area contributed by atoms with E-state index in [1.807, 2.05) is 142 Å². The average Bonchev–Trinajstić information content (AvgIpc) is 3.20. The number of carbonyl (C=O) groups excluding carboxylic acids is 3. The fraction of sp³-hybridized carbons (Fsp3) is 0.298. The Morgan fingerprint density at radius 3 is 1.60 bits per heavy atom. The first-order valence-electron chi connectivity index (χ1n) is 19.4. The molecule has 0 unspecified atom stereocenters. The van der Waals surface area contributed by atoms with Gasteiger partial charge in [0.2, 0.25) is 5.91 Å². The first kappa shape index (κ1) is 43.8. The Morgan fingerprint density at radius 1 is 0.638 bits per heavy atom. The smallest absolute Gasteiger partial charge is 0.407 e. The number of anilines is 1. The summed E-state index contributed by atoms with van der Waals surface area (Å²) in [7, 11) is -1.68. The summed E-state index contributed by atoms with van der Waals surface area (Å²) in [6, 6.07) is 45.9. The number of rotatable bonds is 15. The molecule has 304 valence electrons. The molecule has 0 bridgehead atoms. The molecule has 5 rings (SSSR count). The molecule has 2 atom stereocenters. The summed E-state index contributed by atoms with van der Waals surface area (Å²) in [5.74, 6) is -0.554. The van der Waals surface area contributed by atoms with Crippen LogP contribution < -0.4 is 26.3 Å². The Labute approximate surface area is 348 Å². The standard InChI is InChI=1S/C47H55N3O6SSi/c1-46(2,3)56-45(53)48-36(32-55-58(47(4,5)6,37-26-16-10-17-27-37)38-28-18-11-19-29-38)33-57-40-31-21-20-30-39(40)49-43(51)42(50-44(52)54-7)41(34-22-12-8-13-23-34)35-24-14-9-15-25-35/h8-31,36,41-42H,32-33H2,1-7H3,(H,48,53)(H,49,51)(H,50,52)/t36-,42+/m1/s1. The number of para-hydroxylation sites is 1. The van der Waals surface area contributed by atoms with Crippen LogP contribution in [-0.4, -0.2) is 63.6 Å². The van der Waals surface area contributed by atoms with Crippen LogP contribution in [0.3, 0.4) is 0 Å². The maximum absolute atomic E-state index is 14.4. The Bertz CT molecular complexity index is 2000. The second kappa shape index (κ2) is 19.9. The molecule has 3 N–H and O–H groups in total. The van der Waals surface area contributed by atoms with E-state index in [-0.39, 0.29) is 11.6 Å². The Kier molecular flexibility index (Phi) is 15.0. The van der Waals surface area contributed by atoms with Gasteiger partial charge < -0.3 is 29.9 Å². The molecule has 0 spiro atoms. The lowest BCUT2D eigenvalue weighted by Crippen LogP contribution is -2.67. The van der Waals surface area contributed by atoms with E-state index in [9.17, 15) is 14.4 Å². The highest BCUT2D eigenvalue weighted by Crippen LogP contribution is 2.37. The fourth-order valence-corrected chi connectivity index (χ4v) is 12.7. The predicted octanol–water partition coefficient (Wildman–Crippen LogP) is 8.74. The highest BCUT2D eigenvalue weighted by atomic mass is 32.2. The van der Waals surface area contributed by atoms with Crippen LogP contribution in [0.15, 0.2) is 150 Å². The topological polar surface area (TPSA) is 115 Å². The van der Waals surface area contributed by atoms with E-state index in [1.54, 1.807) is 0 Å². The third-order valence-corrected chi connectivity index (χ3v) is 15.9. The van der Waals surface area contributed by atoms with Gasteiger partial charge in [0.15, 0.2) is 0 Å². The predicted molar refractivity (Wildman–Crippen MR) is 237 cm³/mol. The number of methoxy groups -OCH3 is 1. The first-order chi connectivity index (χ1) is 27.7. The average molecular weight is 818 g/mol. The molecule has 0 radical (unpaired) electrons. The summed E-state index contributed by atoms with van der Waals surface area (Å²) in [5, 5.41) is 11.0. The van der Waals surface area contributed by atoms with Crippen molar-refractivity contribution >= 4 is 54.2 Å². The third-order valence-electron chi connectivity index (χ3n) is 9.62. The van der Waals surface area contributed by atoms with E-state index in [2.05, 4.69) is 61.0 Å². The van der Waals surface area contributed by atoms with Gasteiger partial charge in [-0.05, 0) is 59.4 Å². The molecule has 0 aliphatic rings. The molecular formula is C47H55N3O6SSi. The zero-order valence-electron chi connectivity index (χ0n) is 34.4. The minimum Gasteiger partial charge on any atom is -0.453 e. The molecule has 0 aromatic heterocycles. The highest BCUT2D eigenvalue weighted by Gasteiger charge is 2.50. The Hall–Kier alpha value is -5.36. The van der Waals surface area contributed by atoms with Crippen LogP contribution in [0.25, 0.3) is 0 Å². The van der Waals surface area contributed by atoms with Gasteiger partial charge in [-0.2, -0.15) is 0 Å². The number of hydrogen-bond donors (Lipinski definition) is 3. The largest absolute Gasteiger partial charge is 0.453 e. The molecule has 0 heterocycles. The third kappa shape index (κ3) is 11.4. The van der Waals surface area contributed by atoms with Crippen molar-refractivity contribution in [1.29, 1.82) is 0 Å². The number of hydrogen-bond acceptors (Lipinski definition) is 7. The highest BCUT2D eigenvalue weighted by molar-refractivity contribution is 7.99. The molecule has 58 heavy (non-hydrogen) atoms.